The van der Waals surface area contributed by atoms with Crippen LogP contribution in [-0.4, -0.2) is 33.6 Å². The molecule has 1 aromatic heterocycles. The van der Waals surface area contributed by atoms with Gasteiger partial charge in [0.05, 0.1) is 12.3 Å². The summed E-state index contributed by atoms with van der Waals surface area (Å²) in [6, 6.07) is 0.549. The monoisotopic (exact) mass is 253 g/mol. The number of aromatic nitrogens is 2. The largest absolute Gasteiger partial charge is 0.395 e. The summed E-state index contributed by atoms with van der Waals surface area (Å²) in [6.45, 7) is 11.6. The third kappa shape index (κ3) is 3.82. The Bertz CT molecular complexity index is 371. The van der Waals surface area contributed by atoms with E-state index in [4.69, 9.17) is 0 Å². The summed E-state index contributed by atoms with van der Waals surface area (Å²) in [7, 11) is 0. The molecule has 18 heavy (non-hydrogen) atoms. The number of nitrogens with zero attached hydrogens (tertiary/aromatic N) is 2. The average Bonchev–Trinajstić information content (AvgIpc) is 2.59. The molecule has 4 nitrogen and oxygen atoms in total. The second-order valence-electron chi connectivity index (χ2n) is 5.22. The van der Waals surface area contributed by atoms with Crippen LogP contribution >= 0.6 is 0 Å². The molecule has 1 rings (SSSR count). The van der Waals surface area contributed by atoms with Gasteiger partial charge in [0.1, 0.15) is 0 Å². The van der Waals surface area contributed by atoms with Crippen LogP contribution in [0.2, 0.25) is 0 Å². The molecule has 104 valence electrons. The van der Waals surface area contributed by atoms with Crippen LogP contribution in [0.15, 0.2) is 0 Å². The second kappa shape index (κ2) is 6.90. The molecule has 2 N–H and O–H groups in total. The molecular weight excluding hydrogens is 226 g/mol. The maximum Gasteiger partial charge on any atom is 0.0628 e. The van der Waals surface area contributed by atoms with Crippen molar-refractivity contribution in [1.29, 1.82) is 0 Å². The number of hydrogen-bond acceptors (Lipinski definition) is 3. The van der Waals surface area contributed by atoms with Crippen molar-refractivity contribution in [2.75, 3.05) is 6.61 Å². The van der Waals surface area contributed by atoms with Gasteiger partial charge in [0, 0.05) is 24.3 Å². The molecule has 0 aliphatic carbocycles. The lowest BCUT2D eigenvalue weighted by Crippen LogP contribution is -2.38. The summed E-state index contributed by atoms with van der Waals surface area (Å²) in [5.41, 5.74) is 3.75. The van der Waals surface area contributed by atoms with Gasteiger partial charge in [-0.1, -0.05) is 20.8 Å². The van der Waals surface area contributed by atoms with Crippen molar-refractivity contribution in [2.45, 2.75) is 66.1 Å². The number of hydrogen-bond donors (Lipinski definition) is 2. The predicted octanol–water partition coefficient (Wildman–Crippen LogP) is 1.81. The van der Waals surface area contributed by atoms with Crippen LogP contribution in [0, 0.1) is 13.8 Å². The van der Waals surface area contributed by atoms with Crippen LogP contribution in [0.4, 0.5) is 0 Å². The van der Waals surface area contributed by atoms with E-state index in [2.05, 4.69) is 49.7 Å². The van der Waals surface area contributed by atoms with Gasteiger partial charge >= 0.3 is 0 Å². The highest BCUT2D eigenvalue weighted by Crippen LogP contribution is 2.14. The molecule has 0 amide bonds. The normalized spacial score (nSPS) is 13.3. The minimum Gasteiger partial charge on any atom is -0.395 e. The van der Waals surface area contributed by atoms with Gasteiger partial charge < -0.3 is 10.4 Å². The summed E-state index contributed by atoms with van der Waals surface area (Å²) >= 11 is 0. The Hall–Kier alpha value is -0.870. The van der Waals surface area contributed by atoms with Gasteiger partial charge in [0.2, 0.25) is 0 Å². The second-order valence-corrected chi connectivity index (χ2v) is 5.22. The molecule has 0 aromatic carbocycles. The topological polar surface area (TPSA) is 50.1 Å². The van der Waals surface area contributed by atoms with Crippen LogP contribution in [0.1, 0.15) is 44.1 Å². The summed E-state index contributed by atoms with van der Waals surface area (Å²) < 4.78 is 2.07. The molecule has 0 bridgehead atoms. The lowest BCUT2D eigenvalue weighted by molar-refractivity contribution is 0.222. The Kier molecular flexibility index (Phi) is 5.82. The van der Waals surface area contributed by atoms with Crippen LogP contribution in [-0.2, 0) is 13.0 Å². The number of aliphatic hydroxyl groups is 1. The Morgan fingerprint density at radius 1 is 1.33 bits per heavy atom. The third-order valence-electron chi connectivity index (χ3n) is 3.36. The number of aryl methyl sites for hydroxylation is 2. The van der Waals surface area contributed by atoms with Crippen molar-refractivity contribution in [3.05, 3.63) is 17.0 Å². The van der Waals surface area contributed by atoms with E-state index in [0.717, 1.165) is 25.1 Å². The van der Waals surface area contributed by atoms with Gasteiger partial charge in [-0.2, -0.15) is 5.10 Å². The molecule has 1 unspecified atom stereocenters. The number of rotatable bonds is 7. The van der Waals surface area contributed by atoms with E-state index in [9.17, 15) is 5.11 Å². The first-order chi connectivity index (χ1) is 8.49. The third-order valence-corrected chi connectivity index (χ3v) is 3.36. The van der Waals surface area contributed by atoms with Gasteiger partial charge in [-0.15, -0.1) is 0 Å². The highest BCUT2D eigenvalue weighted by Gasteiger charge is 2.12. The molecule has 0 fully saturated rings. The average molecular weight is 253 g/mol. The fourth-order valence-corrected chi connectivity index (χ4v) is 2.44. The predicted molar refractivity (Wildman–Crippen MR) is 74.8 cm³/mol. The molecule has 0 aliphatic rings. The van der Waals surface area contributed by atoms with Gasteiger partial charge in [-0.25, -0.2) is 0 Å². The van der Waals surface area contributed by atoms with E-state index in [-0.39, 0.29) is 12.6 Å². The van der Waals surface area contributed by atoms with E-state index >= 15 is 0 Å². The van der Waals surface area contributed by atoms with Gasteiger partial charge in [0.25, 0.3) is 0 Å². The van der Waals surface area contributed by atoms with Crippen molar-refractivity contribution in [3.63, 3.8) is 0 Å². The standard InChI is InChI=1S/C14H27N3O/c1-6-14-11(4)16-17(12(14)5)8-7-13(9-18)15-10(2)3/h10,13,15,18H,6-9H2,1-5H3. The van der Waals surface area contributed by atoms with Gasteiger partial charge in [-0.05, 0) is 32.3 Å². The highest BCUT2D eigenvalue weighted by molar-refractivity contribution is 5.24. The van der Waals surface area contributed by atoms with Crippen LogP contribution in [0.25, 0.3) is 0 Å². The van der Waals surface area contributed by atoms with E-state index in [1.165, 1.54) is 11.3 Å². The number of aliphatic hydroxyl groups excluding tert-OH is 1. The van der Waals surface area contributed by atoms with Crippen LogP contribution in [0.3, 0.4) is 0 Å². The van der Waals surface area contributed by atoms with Crippen molar-refractivity contribution in [2.24, 2.45) is 0 Å². The molecular formula is C14H27N3O. The van der Waals surface area contributed by atoms with Gasteiger partial charge in [0.15, 0.2) is 0 Å². The van der Waals surface area contributed by atoms with Crippen molar-refractivity contribution >= 4 is 0 Å². The zero-order valence-corrected chi connectivity index (χ0v) is 12.3. The fraction of sp³-hybridized carbons (Fsp3) is 0.786. The van der Waals surface area contributed by atoms with E-state index in [0.29, 0.717) is 6.04 Å². The Morgan fingerprint density at radius 3 is 2.44 bits per heavy atom. The smallest absolute Gasteiger partial charge is 0.0628 e. The van der Waals surface area contributed by atoms with Crippen molar-refractivity contribution in [3.8, 4) is 0 Å². The van der Waals surface area contributed by atoms with E-state index in [1.807, 2.05) is 0 Å². The lowest BCUT2D eigenvalue weighted by Gasteiger charge is -2.19. The molecule has 1 atom stereocenters. The minimum absolute atomic E-state index is 0.152. The molecule has 1 heterocycles. The van der Waals surface area contributed by atoms with Crippen LogP contribution in [0.5, 0.6) is 0 Å². The molecule has 0 saturated carbocycles. The maximum atomic E-state index is 9.34. The zero-order valence-electron chi connectivity index (χ0n) is 12.3. The Labute approximate surface area is 110 Å². The number of nitrogens with one attached hydrogen (secondary N) is 1. The highest BCUT2D eigenvalue weighted by atomic mass is 16.3. The quantitative estimate of drug-likeness (QED) is 0.779. The first-order valence-corrected chi connectivity index (χ1v) is 6.89. The first-order valence-electron chi connectivity index (χ1n) is 6.89. The summed E-state index contributed by atoms with van der Waals surface area (Å²) in [5.74, 6) is 0. The molecule has 0 aliphatic heterocycles. The fourth-order valence-electron chi connectivity index (χ4n) is 2.44. The Morgan fingerprint density at radius 2 is 2.00 bits per heavy atom. The molecule has 0 saturated heterocycles. The zero-order chi connectivity index (χ0) is 13.7. The molecule has 1 aromatic rings. The van der Waals surface area contributed by atoms with Gasteiger partial charge in [-0.3, -0.25) is 4.68 Å². The maximum absolute atomic E-state index is 9.34. The molecule has 0 radical (unpaired) electrons. The Balaban J connectivity index is 2.62. The summed E-state index contributed by atoms with van der Waals surface area (Å²) in [6.07, 6.45) is 1.94. The first kappa shape index (κ1) is 15.2. The summed E-state index contributed by atoms with van der Waals surface area (Å²) in [5, 5.41) is 17.3. The summed E-state index contributed by atoms with van der Waals surface area (Å²) in [4.78, 5) is 0. The van der Waals surface area contributed by atoms with Crippen molar-refractivity contribution < 1.29 is 5.11 Å². The molecule has 0 spiro atoms. The van der Waals surface area contributed by atoms with E-state index < -0.39 is 0 Å². The lowest BCUT2D eigenvalue weighted by atomic mass is 10.1. The minimum atomic E-state index is 0.152. The van der Waals surface area contributed by atoms with Crippen molar-refractivity contribution in [1.82, 2.24) is 15.1 Å². The SMILES string of the molecule is CCc1c(C)nn(CCC(CO)NC(C)C)c1C. The van der Waals surface area contributed by atoms with Crippen LogP contribution < -0.4 is 5.32 Å². The van der Waals surface area contributed by atoms with E-state index in [1.54, 1.807) is 0 Å². The molecule has 4 heteroatoms.